The molecule has 0 aromatic heterocycles. The summed E-state index contributed by atoms with van der Waals surface area (Å²) in [7, 11) is 0. The smallest absolute Gasteiger partial charge is 0.308 e. The maximum absolute atomic E-state index is 12.0. The number of benzene rings is 1. The predicted molar refractivity (Wildman–Crippen MR) is 123 cm³/mol. The SMILES string of the molecule is CCCC[C@@H]1C(OC(C)=O)[C@H](Oc2cc(C)cc(OC(C)=O)c2)OC(COC(C)=O)[C@H]1OC(C)=O. The normalized spacial score (nSPS) is 23.7. The molecule has 5 atom stereocenters. The first-order valence-electron chi connectivity index (χ1n) is 11.6. The van der Waals surface area contributed by atoms with Gasteiger partial charge in [0.05, 0.1) is 0 Å². The first kappa shape index (κ1) is 28.1. The van der Waals surface area contributed by atoms with E-state index in [4.69, 9.17) is 28.4 Å². The van der Waals surface area contributed by atoms with E-state index >= 15 is 0 Å². The van der Waals surface area contributed by atoms with Gasteiger partial charge >= 0.3 is 23.9 Å². The molecule has 1 saturated heterocycles. The average molecular weight is 495 g/mol. The van der Waals surface area contributed by atoms with Gasteiger partial charge in [-0.3, -0.25) is 19.2 Å². The highest BCUT2D eigenvalue weighted by atomic mass is 16.7. The van der Waals surface area contributed by atoms with Crippen LogP contribution in [0, 0.1) is 12.8 Å². The van der Waals surface area contributed by atoms with Gasteiger partial charge in [0.15, 0.2) is 6.10 Å². The van der Waals surface area contributed by atoms with Crippen LogP contribution in [0.4, 0.5) is 0 Å². The first-order chi connectivity index (χ1) is 16.5. The maximum atomic E-state index is 12.0. The maximum Gasteiger partial charge on any atom is 0.308 e. The van der Waals surface area contributed by atoms with E-state index in [-0.39, 0.29) is 12.4 Å². The van der Waals surface area contributed by atoms with Gasteiger partial charge in [0.2, 0.25) is 6.29 Å². The molecular weight excluding hydrogens is 460 g/mol. The topological polar surface area (TPSA) is 124 Å². The third-order valence-corrected chi connectivity index (χ3v) is 5.27. The zero-order valence-corrected chi connectivity index (χ0v) is 21.0. The minimum Gasteiger partial charge on any atom is -0.463 e. The van der Waals surface area contributed by atoms with Crippen LogP contribution in [0.3, 0.4) is 0 Å². The molecule has 1 aromatic carbocycles. The van der Waals surface area contributed by atoms with E-state index in [0.717, 1.165) is 18.4 Å². The molecule has 0 N–H and O–H groups in total. The molecule has 1 heterocycles. The molecule has 2 unspecified atom stereocenters. The fourth-order valence-corrected chi connectivity index (χ4v) is 4.02. The van der Waals surface area contributed by atoms with Crippen LogP contribution < -0.4 is 9.47 Å². The van der Waals surface area contributed by atoms with Crippen molar-refractivity contribution in [1.29, 1.82) is 0 Å². The Hall–Kier alpha value is -3.14. The van der Waals surface area contributed by atoms with Crippen LogP contribution in [0.5, 0.6) is 11.5 Å². The van der Waals surface area contributed by atoms with Crippen molar-refractivity contribution in [3.8, 4) is 11.5 Å². The van der Waals surface area contributed by atoms with Crippen molar-refractivity contribution in [2.45, 2.75) is 85.4 Å². The van der Waals surface area contributed by atoms with E-state index in [9.17, 15) is 19.2 Å². The van der Waals surface area contributed by atoms with Gasteiger partial charge in [-0.1, -0.05) is 19.8 Å². The standard InChI is InChI=1S/C25H34O10/c1-7-8-9-21-23(32-17(5)28)22(13-30-15(3)26)35-25(24(21)33-18(6)29)34-20-11-14(2)10-19(12-20)31-16(4)27/h10-12,21-25H,7-9,13H2,1-6H3/t21-,22?,23-,24?,25+/m0/s1. The van der Waals surface area contributed by atoms with Crippen LogP contribution >= 0.6 is 0 Å². The lowest BCUT2D eigenvalue weighted by Gasteiger charge is -2.45. The molecular formula is C25H34O10. The molecule has 0 aliphatic carbocycles. The molecule has 1 aliphatic rings. The predicted octanol–water partition coefficient (Wildman–Crippen LogP) is 3.26. The number of rotatable bonds is 10. The molecule has 10 nitrogen and oxygen atoms in total. The van der Waals surface area contributed by atoms with E-state index in [0.29, 0.717) is 12.2 Å². The Kier molecular flexibility index (Phi) is 10.5. The highest BCUT2D eigenvalue weighted by molar-refractivity contribution is 5.69. The van der Waals surface area contributed by atoms with E-state index in [1.165, 1.54) is 33.8 Å². The van der Waals surface area contributed by atoms with Gasteiger partial charge < -0.3 is 28.4 Å². The molecule has 1 fully saturated rings. The second kappa shape index (κ2) is 13.1. The number of unbranched alkanes of at least 4 members (excludes halogenated alkanes) is 1. The minimum atomic E-state index is -1.11. The largest absolute Gasteiger partial charge is 0.463 e. The Morgan fingerprint density at radius 1 is 0.857 bits per heavy atom. The summed E-state index contributed by atoms with van der Waals surface area (Å²) in [6.45, 7) is 8.71. The summed E-state index contributed by atoms with van der Waals surface area (Å²) >= 11 is 0. The third-order valence-electron chi connectivity index (χ3n) is 5.27. The van der Waals surface area contributed by atoms with Gasteiger partial charge in [-0.2, -0.15) is 0 Å². The first-order valence-corrected chi connectivity index (χ1v) is 11.6. The summed E-state index contributed by atoms with van der Waals surface area (Å²) in [5.41, 5.74) is 0.760. The fourth-order valence-electron chi connectivity index (χ4n) is 4.02. The summed E-state index contributed by atoms with van der Waals surface area (Å²) < 4.78 is 33.7. The monoisotopic (exact) mass is 494 g/mol. The fraction of sp³-hybridized carbons (Fsp3) is 0.600. The van der Waals surface area contributed by atoms with Crippen molar-refractivity contribution in [3.05, 3.63) is 23.8 Å². The number of esters is 4. The van der Waals surface area contributed by atoms with Crippen LogP contribution in [-0.4, -0.2) is 55.1 Å². The number of carbonyl (C=O) groups excluding carboxylic acids is 4. The number of carbonyl (C=O) groups is 4. The van der Waals surface area contributed by atoms with Crippen LogP contribution in [-0.2, 0) is 38.1 Å². The summed E-state index contributed by atoms with van der Waals surface area (Å²) in [5.74, 6) is -2.00. The van der Waals surface area contributed by atoms with E-state index in [1.807, 2.05) is 6.92 Å². The third kappa shape index (κ3) is 8.86. The minimum absolute atomic E-state index is 0.185. The van der Waals surface area contributed by atoms with Crippen molar-refractivity contribution >= 4 is 23.9 Å². The molecule has 1 aromatic rings. The number of hydrogen-bond acceptors (Lipinski definition) is 10. The van der Waals surface area contributed by atoms with Crippen LogP contribution in [0.1, 0.15) is 59.4 Å². The van der Waals surface area contributed by atoms with E-state index in [2.05, 4.69) is 0 Å². The van der Waals surface area contributed by atoms with Gasteiger partial charge in [-0.05, 0) is 31.0 Å². The lowest BCUT2D eigenvalue weighted by atomic mass is 9.84. The molecule has 1 aliphatic heterocycles. The lowest BCUT2D eigenvalue weighted by Crippen LogP contribution is -2.59. The zero-order valence-electron chi connectivity index (χ0n) is 21.0. The van der Waals surface area contributed by atoms with Crippen molar-refractivity contribution in [3.63, 3.8) is 0 Å². The molecule has 10 heteroatoms. The summed E-state index contributed by atoms with van der Waals surface area (Å²) in [4.78, 5) is 46.8. The Bertz CT molecular complexity index is 912. The molecule has 35 heavy (non-hydrogen) atoms. The lowest BCUT2D eigenvalue weighted by molar-refractivity contribution is -0.274. The van der Waals surface area contributed by atoms with Gasteiger partial charge in [-0.15, -0.1) is 0 Å². The second-order valence-corrected chi connectivity index (χ2v) is 8.49. The van der Waals surface area contributed by atoms with Crippen molar-refractivity contribution in [1.82, 2.24) is 0 Å². The molecule has 0 spiro atoms. The molecule has 2 rings (SSSR count). The Morgan fingerprint density at radius 2 is 1.49 bits per heavy atom. The summed E-state index contributed by atoms with van der Waals surface area (Å²) in [6, 6.07) is 4.90. The van der Waals surface area contributed by atoms with Gasteiger partial charge in [0.25, 0.3) is 0 Å². The Morgan fingerprint density at radius 3 is 2.06 bits per heavy atom. The van der Waals surface area contributed by atoms with Crippen molar-refractivity contribution in [2.75, 3.05) is 6.61 Å². The van der Waals surface area contributed by atoms with Gasteiger partial charge in [-0.25, -0.2) is 0 Å². The van der Waals surface area contributed by atoms with Gasteiger partial charge in [0, 0.05) is 39.7 Å². The van der Waals surface area contributed by atoms with Crippen molar-refractivity contribution < 1.29 is 47.6 Å². The molecule has 194 valence electrons. The van der Waals surface area contributed by atoms with Crippen molar-refractivity contribution in [2.24, 2.45) is 5.92 Å². The summed E-state index contributed by atoms with van der Waals surface area (Å²) in [6.07, 6.45) is -1.58. The van der Waals surface area contributed by atoms with E-state index < -0.39 is 54.4 Å². The number of aryl methyl sites for hydroxylation is 1. The quantitative estimate of drug-likeness (QED) is 0.272. The van der Waals surface area contributed by atoms with Crippen LogP contribution in [0.15, 0.2) is 18.2 Å². The second-order valence-electron chi connectivity index (χ2n) is 8.49. The van der Waals surface area contributed by atoms with E-state index in [1.54, 1.807) is 19.1 Å². The molecule has 0 saturated carbocycles. The Balaban J connectivity index is 2.46. The average Bonchev–Trinajstić information content (AvgIpc) is 2.72. The van der Waals surface area contributed by atoms with Crippen LogP contribution in [0.2, 0.25) is 0 Å². The molecule has 0 radical (unpaired) electrons. The highest BCUT2D eigenvalue weighted by Crippen LogP contribution is 2.36. The zero-order chi connectivity index (χ0) is 26.1. The Labute approximate surface area is 205 Å². The number of ether oxygens (including phenoxy) is 6. The van der Waals surface area contributed by atoms with Gasteiger partial charge in [0.1, 0.15) is 30.3 Å². The highest BCUT2D eigenvalue weighted by Gasteiger charge is 2.50. The molecule has 0 amide bonds. The van der Waals surface area contributed by atoms with Crippen LogP contribution in [0.25, 0.3) is 0 Å². The number of hydrogen-bond donors (Lipinski definition) is 0. The molecule has 0 bridgehead atoms. The summed E-state index contributed by atoms with van der Waals surface area (Å²) in [5, 5.41) is 0.